The minimum atomic E-state index is -0.0752. The molecule has 66 valence electrons. The van der Waals surface area contributed by atoms with Gasteiger partial charge in [-0.3, -0.25) is 4.79 Å². The molecule has 1 N–H and O–H groups in total. The lowest BCUT2D eigenvalue weighted by atomic mass is 10.2. The number of rotatable bonds is 3. The molecule has 0 atom stereocenters. The lowest BCUT2D eigenvalue weighted by Crippen LogP contribution is -2.19. The van der Waals surface area contributed by atoms with Crippen LogP contribution in [0.2, 0.25) is 0 Å². The van der Waals surface area contributed by atoms with Crippen LogP contribution in [0.3, 0.4) is 0 Å². The Labute approximate surface area is 73.7 Å². The molecule has 0 saturated carbocycles. The number of amides is 1. The van der Waals surface area contributed by atoms with Crippen molar-refractivity contribution in [2.45, 2.75) is 20.8 Å². The summed E-state index contributed by atoms with van der Waals surface area (Å²) in [6, 6.07) is 0. The van der Waals surface area contributed by atoms with Crippen molar-refractivity contribution in [2.75, 3.05) is 0 Å². The molecular weight excluding hydrogens is 150 g/mol. The summed E-state index contributed by atoms with van der Waals surface area (Å²) in [5.74, 6) is -0.0752. The summed E-state index contributed by atoms with van der Waals surface area (Å²) in [7, 11) is 0. The van der Waals surface area contributed by atoms with Crippen molar-refractivity contribution in [1.82, 2.24) is 5.32 Å². The van der Waals surface area contributed by atoms with E-state index in [0.29, 0.717) is 0 Å². The van der Waals surface area contributed by atoms with Crippen LogP contribution in [0.15, 0.2) is 36.1 Å². The Kier molecular flexibility index (Phi) is 4.77. The van der Waals surface area contributed by atoms with E-state index >= 15 is 0 Å². The normalized spacial score (nSPS) is 11.8. The van der Waals surface area contributed by atoms with Crippen molar-refractivity contribution in [1.29, 1.82) is 0 Å². The highest BCUT2D eigenvalue weighted by atomic mass is 16.1. The highest BCUT2D eigenvalue weighted by molar-refractivity contribution is 5.75. The fraction of sp³-hybridized carbons (Fsp3) is 0.300. The standard InChI is InChI=1S/C10H15NO/c1-5-6-7-10(8(2)3)11-9(4)12/h5-7H,2H2,1,3-4H3,(H,11,12)/b6-5-,10-7+. The van der Waals surface area contributed by atoms with Crippen molar-refractivity contribution in [3.63, 3.8) is 0 Å². The van der Waals surface area contributed by atoms with Gasteiger partial charge in [0.1, 0.15) is 0 Å². The first-order valence-electron chi connectivity index (χ1n) is 3.84. The minimum Gasteiger partial charge on any atom is -0.326 e. The monoisotopic (exact) mass is 165 g/mol. The number of hydrogen-bond acceptors (Lipinski definition) is 1. The SMILES string of the molecule is C=C(C)/C(=C\C=C/C)NC(C)=O. The average Bonchev–Trinajstić information content (AvgIpc) is 1.96. The van der Waals surface area contributed by atoms with Gasteiger partial charge >= 0.3 is 0 Å². The number of hydrogen-bond donors (Lipinski definition) is 1. The first-order valence-corrected chi connectivity index (χ1v) is 3.84. The zero-order valence-electron chi connectivity index (χ0n) is 7.85. The average molecular weight is 165 g/mol. The highest BCUT2D eigenvalue weighted by Crippen LogP contribution is 2.02. The van der Waals surface area contributed by atoms with Gasteiger partial charge in [-0.1, -0.05) is 18.7 Å². The van der Waals surface area contributed by atoms with Gasteiger partial charge in [-0.25, -0.2) is 0 Å². The lowest BCUT2D eigenvalue weighted by molar-refractivity contribution is -0.118. The molecule has 0 fully saturated rings. The fourth-order valence-electron chi connectivity index (χ4n) is 0.673. The Hall–Kier alpha value is -1.31. The van der Waals surface area contributed by atoms with E-state index < -0.39 is 0 Å². The van der Waals surface area contributed by atoms with E-state index in [-0.39, 0.29) is 5.91 Å². The van der Waals surface area contributed by atoms with Crippen LogP contribution < -0.4 is 5.32 Å². The van der Waals surface area contributed by atoms with Crippen LogP contribution in [0.25, 0.3) is 0 Å². The number of carbonyl (C=O) groups is 1. The smallest absolute Gasteiger partial charge is 0.221 e. The van der Waals surface area contributed by atoms with E-state index in [0.717, 1.165) is 11.3 Å². The predicted octanol–water partition coefficient (Wildman–Crippen LogP) is 2.16. The quantitative estimate of drug-likeness (QED) is 0.638. The lowest BCUT2D eigenvalue weighted by Gasteiger charge is -2.05. The van der Waals surface area contributed by atoms with Gasteiger partial charge < -0.3 is 5.32 Å². The summed E-state index contributed by atoms with van der Waals surface area (Å²) in [6.07, 6.45) is 5.58. The first-order chi connectivity index (χ1) is 5.57. The second-order valence-corrected chi connectivity index (χ2v) is 2.57. The largest absolute Gasteiger partial charge is 0.326 e. The van der Waals surface area contributed by atoms with Crippen LogP contribution in [0, 0.1) is 0 Å². The summed E-state index contributed by atoms with van der Waals surface area (Å²) >= 11 is 0. The van der Waals surface area contributed by atoms with Crippen LogP contribution in [-0.4, -0.2) is 5.91 Å². The second-order valence-electron chi connectivity index (χ2n) is 2.57. The fourth-order valence-corrected chi connectivity index (χ4v) is 0.673. The highest BCUT2D eigenvalue weighted by Gasteiger charge is 1.97. The molecule has 2 heteroatoms. The van der Waals surface area contributed by atoms with Gasteiger partial charge in [-0.05, 0) is 25.5 Å². The zero-order chi connectivity index (χ0) is 9.56. The molecule has 0 aromatic rings. The summed E-state index contributed by atoms with van der Waals surface area (Å²) in [5, 5.41) is 2.69. The Morgan fingerprint density at radius 2 is 2.00 bits per heavy atom. The van der Waals surface area contributed by atoms with Gasteiger partial charge in [0, 0.05) is 12.6 Å². The van der Waals surface area contributed by atoms with E-state index in [1.54, 1.807) is 0 Å². The maximum Gasteiger partial charge on any atom is 0.221 e. The summed E-state index contributed by atoms with van der Waals surface area (Å²) in [5.41, 5.74) is 1.61. The van der Waals surface area contributed by atoms with Gasteiger partial charge in [0.2, 0.25) is 5.91 Å². The van der Waals surface area contributed by atoms with Gasteiger partial charge in [0.15, 0.2) is 0 Å². The molecule has 0 spiro atoms. The van der Waals surface area contributed by atoms with Crippen LogP contribution in [-0.2, 0) is 4.79 Å². The molecule has 0 aromatic carbocycles. The third kappa shape index (κ3) is 4.50. The maximum atomic E-state index is 10.7. The van der Waals surface area contributed by atoms with Crippen LogP contribution in [0.5, 0.6) is 0 Å². The molecule has 0 aromatic heterocycles. The van der Waals surface area contributed by atoms with Crippen molar-refractivity contribution in [2.24, 2.45) is 0 Å². The van der Waals surface area contributed by atoms with Crippen LogP contribution in [0.1, 0.15) is 20.8 Å². The molecule has 0 unspecified atom stereocenters. The third-order valence-electron chi connectivity index (χ3n) is 1.23. The Morgan fingerprint density at radius 3 is 2.33 bits per heavy atom. The van der Waals surface area contributed by atoms with Crippen LogP contribution >= 0.6 is 0 Å². The zero-order valence-corrected chi connectivity index (χ0v) is 7.85. The Morgan fingerprint density at radius 1 is 1.42 bits per heavy atom. The molecular formula is C10H15NO. The van der Waals surface area contributed by atoms with Gasteiger partial charge in [-0.2, -0.15) is 0 Å². The van der Waals surface area contributed by atoms with Gasteiger partial charge in [0.05, 0.1) is 0 Å². The number of carbonyl (C=O) groups excluding carboxylic acids is 1. The van der Waals surface area contributed by atoms with E-state index in [9.17, 15) is 4.79 Å². The Balaban J connectivity index is 4.43. The third-order valence-corrected chi connectivity index (χ3v) is 1.23. The predicted molar refractivity (Wildman–Crippen MR) is 51.5 cm³/mol. The van der Waals surface area contributed by atoms with Gasteiger partial charge in [-0.15, -0.1) is 0 Å². The molecule has 12 heavy (non-hydrogen) atoms. The minimum absolute atomic E-state index is 0.0752. The van der Waals surface area contributed by atoms with Crippen molar-refractivity contribution >= 4 is 5.91 Å². The number of nitrogens with one attached hydrogen (secondary N) is 1. The molecule has 0 aliphatic carbocycles. The van der Waals surface area contributed by atoms with E-state index in [1.807, 2.05) is 32.1 Å². The molecule has 0 rings (SSSR count). The molecule has 0 aliphatic rings. The number of allylic oxidation sites excluding steroid dienone is 4. The van der Waals surface area contributed by atoms with E-state index in [2.05, 4.69) is 11.9 Å². The molecule has 0 saturated heterocycles. The van der Waals surface area contributed by atoms with Crippen molar-refractivity contribution in [3.8, 4) is 0 Å². The van der Waals surface area contributed by atoms with E-state index in [4.69, 9.17) is 0 Å². The molecule has 2 nitrogen and oxygen atoms in total. The topological polar surface area (TPSA) is 29.1 Å². The maximum absolute atomic E-state index is 10.7. The van der Waals surface area contributed by atoms with Gasteiger partial charge in [0.25, 0.3) is 0 Å². The molecule has 0 heterocycles. The summed E-state index contributed by atoms with van der Waals surface area (Å²) in [6.45, 7) is 8.99. The van der Waals surface area contributed by atoms with Crippen molar-refractivity contribution < 1.29 is 4.79 Å². The van der Waals surface area contributed by atoms with E-state index in [1.165, 1.54) is 6.92 Å². The Bertz CT molecular complexity index is 236. The molecule has 0 radical (unpaired) electrons. The molecule has 0 bridgehead atoms. The summed E-state index contributed by atoms with van der Waals surface area (Å²) in [4.78, 5) is 10.7. The first kappa shape index (κ1) is 10.7. The molecule has 1 amide bonds. The van der Waals surface area contributed by atoms with Crippen LogP contribution in [0.4, 0.5) is 0 Å². The molecule has 0 aliphatic heterocycles. The van der Waals surface area contributed by atoms with Crippen molar-refractivity contribution in [3.05, 3.63) is 36.1 Å². The summed E-state index contributed by atoms with van der Waals surface area (Å²) < 4.78 is 0. The second kappa shape index (κ2) is 5.35.